The number of nitrogens with two attached hydrogens (primary N) is 1. The number of rotatable bonds is 14. The van der Waals surface area contributed by atoms with Crippen LogP contribution in [0.15, 0.2) is 0 Å². The zero-order chi connectivity index (χ0) is 25.7. The lowest BCUT2D eigenvalue weighted by atomic mass is 10.1. The lowest BCUT2D eigenvalue weighted by Gasteiger charge is -2.25. The van der Waals surface area contributed by atoms with Crippen molar-refractivity contribution in [1.29, 1.82) is 0 Å². The van der Waals surface area contributed by atoms with Crippen LogP contribution in [0.4, 0.5) is 4.79 Å². The number of hydrogen-bond donors (Lipinski definition) is 2. The Morgan fingerprint density at radius 3 is 1.67 bits per heavy atom. The van der Waals surface area contributed by atoms with Crippen molar-refractivity contribution < 1.29 is 28.7 Å². The van der Waals surface area contributed by atoms with Gasteiger partial charge in [0.25, 0.3) is 0 Å². The van der Waals surface area contributed by atoms with Crippen molar-refractivity contribution in [2.75, 3.05) is 13.1 Å². The minimum atomic E-state index is -0.590. The lowest BCUT2D eigenvalue weighted by Crippen LogP contribution is -2.36. The molecule has 0 aliphatic carbocycles. The summed E-state index contributed by atoms with van der Waals surface area (Å²) in [7, 11) is 0. The molecule has 0 saturated carbocycles. The predicted octanol–water partition coefficient (Wildman–Crippen LogP) is 3.68. The van der Waals surface area contributed by atoms with Crippen LogP contribution in [0.25, 0.3) is 0 Å². The highest BCUT2D eigenvalue weighted by Gasteiger charge is 2.22. The number of amides is 3. The first-order chi connectivity index (χ1) is 15.1. The number of esters is 2. The van der Waals surface area contributed by atoms with Crippen molar-refractivity contribution in [2.45, 2.75) is 117 Å². The van der Waals surface area contributed by atoms with Gasteiger partial charge in [0.05, 0.1) is 12.8 Å². The highest BCUT2D eigenvalue weighted by molar-refractivity contribution is 5.78. The Kier molecular flexibility index (Phi) is 13.7. The molecule has 0 spiro atoms. The van der Waals surface area contributed by atoms with Crippen molar-refractivity contribution in [1.82, 2.24) is 10.2 Å². The summed E-state index contributed by atoms with van der Waals surface area (Å²) in [6, 6.07) is -0.494. The third-order valence-electron chi connectivity index (χ3n) is 4.53. The molecule has 0 bridgehead atoms. The van der Waals surface area contributed by atoms with Crippen molar-refractivity contribution >= 4 is 23.9 Å². The normalized spacial score (nSPS) is 12.6. The summed E-state index contributed by atoms with van der Waals surface area (Å²) in [5.74, 6) is -0.849. The zero-order valence-corrected chi connectivity index (χ0v) is 21.6. The van der Waals surface area contributed by atoms with E-state index >= 15 is 0 Å². The first kappa shape index (κ1) is 30.7. The van der Waals surface area contributed by atoms with Crippen LogP contribution in [0.1, 0.15) is 99.8 Å². The van der Waals surface area contributed by atoms with Crippen LogP contribution in [0.3, 0.4) is 0 Å². The molecule has 192 valence electrons. The highest BCUT2D eigenvalue weighted by Crippen LogP contribution is 2.13. The second-order valence-corrected chi connectivity index (χ2v) is 10.4. The minimum absolute atomic E-state index is 0.0281. The molecule has 0 aliphatic rings. The molecule has 0 rings (SSSR count). The third-order valence-corrected chi connectivity index (χ3v) is 4.53. The summed E-state index contributed by atoms with van der Waals surface area (Å²) in [5, 5.41) is 2.64. The van der Waals surface area contributed by atoms with E-state index < -0.39 is 17.2 Å². The monoisotopic (exact) mass is 471 g/mol. The maximum absolute atomic E-state index is 12.8. The average Bonchev–Trinajstić information content (AvgIpc) is 2.60. The molecule has 0 aromatic heterocycles. The lowest BCUT2D eigenvalue weighted by molar-refractivity contribution is -0.155. The minimum Gasteiger partial charge on any atom is -0.460 e. The Morgan fingerprint density at radius 1 is 0.788 bits per heavy atom. The maximum Gasteiger partial charge on any atom is 0.312 e. The number of hydrogen-bond acceptors (Lipinski definition) is 6. The van der Waals surface area contributed by atoms with Gasteiger partial charge in [-0.15, -0.1) is 0 Å². The van der Waals surface area contributed by atoms with E-state index in [4.69, 9.17) is 15.2 Å². The molecule has 0 fully saturated rings. The van der Waals surface area contributed by atoms with Crippen LogP contribution in [0.5, 0.6) is 0 Å². The summed E-state index contributed by atoms with van der Waals surface area (Å²) in [4.78, 5) is 49.3. The fraction of sp³-hybridized carbons (Fsp3) is 0.833. The van der Waals surface area contributed by atoms with Gasteiger partial charge in [-0.05, 0) is 61.3 Å². The number of ether oxygens (including phenoxy) is 2. The molecule has 0 heterocycles. The Labute approximate surface area is 199 Å². The van der Waals surface area contributed by atoms with E-state index in [9.17, 15) is 19.2 Å². The summed E-state index contributed by atoms with van der Waals surface area (Å²) < 4.78 is 10.7. The molecule has 1 unspecified atom stereocenters. The maximum atomic E-state index is 12.8. The van der Waals surface area contributed by atoms with Gasteiger partial charge in [-0.25, -0.2) is 4.79 Å². The molecule has 3 amide bonds. The first-order valence-corrected chi connectivity index (χ1v) is 11.9. The van der Waals surface area contributed by atoms with Crippen molar-refractivity contribution in [3.63, 3.8) is 0 Å². The molecule has 0 aromatic carbocycles. The quantitative estimate of drug-likeness (QED) is 0.294. The van der Waals surface area contributed by atoms with Gasteiger partial charge >= 0.3 is 18.0 Å². The third kappa shape index (κ3) is 18.9. The summed E-state index contributed by atoms with van der Waals surface area (Å²) >= 11 is 0. The topological polar surface area (TPSA) is 128 Å². The van der Waals surface area contributed by atoms with Crippen molar-refractivity contribution in [3.05, 3.63) is 0 Å². The zero-order valence-electron chi connectivity index (χ0n) is 21.6. The van der Waals surface area contributed by atoms with Crippen LogP contribution in [0.2, 0.25) is 0 Å². The smallest absolute Gasteiger partial charge is 0.312 e. The van der Waals surface area contributed by atoms with Crippen LogP contribution in [-0.4, -0.2) is 59.1 Å². The molecule has 1 atom stereocenters. The van der Waals surface area contributed by atoms with E-state index in [0.717, 1.165) is 25.7 Å². The molecular weight excluding hydrogens is 426 g/mol. The summed E-state index contributed by atoms with van der Waals surface area (Å²) in [5.41, 5.74) is 3.92. The van der Waals surface area contributed by atoms with E-state index in [1.54, 1.807) is 46.4 Å². The molecule has 9 heteroatoms. The first-order valence-electron chi connectivity index (χ1n) is 11.9. The van der Waals surface area contributed by atoms with Crippen molar-refractivity contribution in [3.8, 4) is 0 Å². The molecule has 0 aromatic rings. The molecule has 3 N–H and O–H groups in total. The number of nitrogens with one attached hydrogen (secondary N) is 1. The van der Waals surface area contributed by atoms with E-state index in [2.05, 4.69) is 5.32 Å². The molecule has 33 heavy (non-hydrogen) atoms. The highest BCUT2D eigenvalue weighted by atomic mass is 16.6. The molecule has 0 saturated heterocycles. The van der Waals surface area contributed by atoms with Crippen LogP contribution in [0, 0.1) is 0 Å². The van der Waals surface area contributed by atoms with Gasteiger partial charge in [0.2, 0.25) is 5.91 Å². The Balaban J connectivity index is 4.59. The number of carbonyl (C=O) groups excluding carboxylic acids is 4. The van der Waals surface area contributed by atoms with Crippen LogP contribution in [-0.2, 0) is 23.9 Å². The fourth-order valence-corrected chi connectivity index (χ4v) is 3.15. The summed E-state index contributed by atoms with van der Waals surface area (Å²) in [6.07, 6.45) is 4.77. The standard InChI is InChI=1S/C24H45N3O6/c1-18(26-22(25)31)12-10-8-9-11-13-19(28)27(16-14-20(29)32-23(2,3)4)17-15-21(30)33-24(5,6)7/h18H,8-17H2,1-7H3,(H3,25,26,31). The molecule has 0 radical (unpaired) electrons. The second-order valence-electron chi connectivity index (χ2n) is 10.4. The van der Waals surface area contributed by atoms with Gasteiger partial charge < -0.3 is 25.4 Å². The van der Waals surface area contributed by atoms with Gasteiger partial charge in [0.15, 0.2) is 0 Å². The van der Waals surface area contributed by atoms with Gasteiger partial charge in [-0.2, -0.15) is 0 Å². The van der Waals surface area contributed by atoms with Gasteiger partial charge in [-0.1, -0.05) is 19.3 Å². The second kappa shape index (κ2) is 14.8. The Morgan fingerprint density at radius 2 is 1.24 bits per heavy atom. The molecular formula is C24H45N3O6. The van der Waals surface area contributed by atoms with Gasteiger partial charge in [0, 0.05) is 25.6 Å². The SMILES string of the molecule is CC(CCCCCCC(=O)N(CCC(=O)OC(C)(C)C)CCC(=O)OC(C)(C)C)NC(N)=O. The van der Waals surface area contributed by atoms with E-state index in [1.807, 2.05) is 6.92 Å². The van der Waals surface area contributed by atoms with E-state index in [0.29, 0.717) is 12.8 Å². The van der Waals surface area contributed by atoms with Gasteiger partial charge in [-0.3, -0.25) is 14.4 Å². The van der Waals surface area contributed by atoms with Crippen molar-refractivity contribution in [2.24, 2.45) is 5.73 Å². The van der Waals surface area contributed by atoms with Crippen LogP contribution >= 0.6 is 0 Å². The number of carbonyl (C=O) groups is 4. The summed E-state index contributed by atoms with van der Waals surface area (Å²) in [6.45, 7) is 13.1. The van der Waals surface area contributed by atoms with E-state index in [-0.39, 0.29) is 49.8 Å². The Hall–Kier alpha value is -2.32. The van der Waals surface area contributed by atoms with E-state index in [1.165, 1.54) is 0 Å². The van der Waals surface area contributed by atoms with Crippen LogP contribution < -0.4 is 11.1 Å². The molecule has 0 aliphatic heterocycles. The average molecular weight is 472 g/mol. The number of primary amides is 1. The largest absolute Gasteiger partial charge is 0.460 e. The Bertz CT molecular complexity index is 605. The number of nitrogens with zero attached hydrogens (tertiary/aromatic N) is 1. The fourth-order valence-electron chi connectivity index (χ4n) is 3.15. The predicted molar refractivity (Wildman–Crippen MR) is 127 cm³/mol. The molecule has 9 nitrogen and oxygen atoms in total. The van der Waals surface area contributed by atoms with Gasteiger partial charge in [0.1, 0.15) is 11.2 Å². The number of unbranched alkanes of at least 4 members (excludes halogenated alkanes) is 3. The number of urea groups is 1.